The summed E-state index contributed by atoms with van der Waals surface area (Å²) in [6.45, 7) is 5.05. The fourth-order valence-corrected chi connectivity index (χ4v) is 1.17. The highest BCUT2D eigenvalue weighted by Crippen LogP contribution is 1.95. The topological polar surface area (TPSA) is 80.0 Å². The second kappa shape index (κ2) is 6.81. The van der Waals surface area contributed by atoms with Crippen molar-refractivity contribution in [1.29, 1.82) is 0 Å². The number of nitrogens with zero attached hydrogens (tertiary/aromatic N) is 2. The third-order valence-corrected chi connectivity index (χ3v) is 2.01. The Labute approximate surface area is 94.8 Å². The van der Waals surface area contributed by atoms with Crippen molar-refractivity contribution in [2.45, 2.75) is 33.1 Å². The van der Waals surface area contributed by atoms with E-state index in [-0.39, 0.29) is 6.03 Å². The zero-order valence-corrected chi connectivity index (χ0v) is 9.75. The summed E-state index contributed by atoms with van der Waals surface area (Å²) in [6.07, 6.45) is 2.62. The summed E-state index contributed by atoms with van der Waals surface area (Å²) >= 11 is 0. The molecule has 0 bridgehead atoms. The maximum absolute atomic E-state index is 11.2. The Morgan fingerprint density at radius 3 is 2.75 bits per heavy atom. The monoisotopic (exact) mass is 226 g/mol. The van der Waals surface area contributed by atoms with Gasteiger partial charge in [-0.05, 0) is 13.3 Å². The van der Waals surface area contributed by atoms with Crippen molar-refractivity contribution in [2.75, 3.05) is 13.1 Å². The summed E-state index contributed by atoms with van der Waals surface area (Å²) in [6, 6.07) is -0.148. The van der Waals surface area contributed by atoms with Crippen LogP contribution in [0.25, 0.3) is 0 Å². The van der Waals surface area contributed by atoms with Gasteiger partial charge < -0.3 is 15.2 Å². The van der Waals surface area contributed by atoms with Gasteiger partial charge in [-0.2, -0.15) is 4.98 Å². The largest absolute Gasteiger partial charge is 0.339 e. The van der Waals surface area contributed by atoms with Gasteiger partial charge >= 0.3 is 6.03 Å². The highest BCUT2D eigenvalue weighted by Gasteiger charge is 2.03. The number of aromatic nitrogens is 2. The summed E-state index contributed by atoms with van der Waals surface area (Å²) < 4.78 is 4.91. The minimum atomic E-state index is -0.148. The van der Waals surface area contributed by atoms with Crippen molar-refractivity contribution >= 4 is 6.03 Å². The lowest BCUT2D eigenvalue weighted by Gasteiger charge is -2.05. The average molecular weight is 226 g/mol. The van der Waals surface area contributed by atoms with E-state index in [4.69, 9.17) is 4.52 Å². The smallest absolute Gasteiger partial charge is 0.314 e. The first-order chi connectivity index (χ1) is 7.72. The Hall–Kier alpha value is -1.59. The van der Waals surface area contributed by atoms with E-state index in [1.54, 1.807) is 6.92 Å². The highest BCUT2D eigenvalue weighted by atomic mass is 16.5. The predicted octanol–water partition coefficient (Wildman–Crippen LogP) is 1.02. The van der Waals surface area contributed by atoms with Crippen LogP contribution < -0.4 is 10.6 Å². The van der Waals surface area contributed by atoms with Crippen LogP contribution in [0.4, 0.5) is 4.79 Å². The quantitative estimate of drug-likeness (QED) is 0.710. The number of hydrogen-bond acceptors (Lipinski definition) is 4. The summed E-state index contributed by atoms with van der Waals surface area (Å²) in [5.41, 5.74) is 0. The first-order valence-electron chi connectivity index (χ1n) is 5.53. The van der Waals surface area contributed by atoms with Crippen LogP contribution in [-0.2, 0) is 6.42 Å². The molecule has 2 amide bonds. The van der Waals surface area contributed by atoms with Crippen molar-refractivity contribution in [1.82, 2.24) is 20.8 Å². The molecular weight excluding hydrogens is 208 g/mol. The van der Waals surface area contributed by atoms with Gasteiger partial charge in [-0.1, -0.05) is 18.5 Å². The molecule has 1 rings (SSSR count). The van der Waals surface area contributed by atoms with Gasteiger partial charge in [-0.15, -0.1) is 0 Å². The lowest BCUT2D eigenvalue weighted by Crippen LogP contribution is -2.37. The number of unbranched alkanes of at least 4 members (excludes halogenated alkanes) is 1. The van der Waals surface area contributed by atoms with Crippen molar-refractivity contribution in [3.8, 4) is 0 Å². The van der Waals surface area contributed by atoms with Crippen molar-refractivity contribution in [2.24, 2.45) is 0 Å². The molecule has 0 aliphatic heterocycles. The number of amides is 2. The average Bonchev–Trinajstić information content (AvgIpc) is 2.65. The fourth-order valence-electron chi connectivity index (χ4n) is 1.17. The van der Waals surface area contributed by atoms with Crippen molar-refractivity contribution < 1.29 is 9.32 Å². The van der Waals surface area contributed by atoms with Gasteiger partial charge in [-0.25, -0.2) is 4.79 Å². The minimum Gasteiger partial charge on any atom is -0.339 e. The maximum atomic E-state index is 11.2. The van der Waals surface area contributed by atoms with E-state index in [2.05, 4.69) is 27.7 Å². The van der Waals surface area contributed by atoms with Crippen LogP contribution in [-0.4, -0.2) is 29.3 Å². The Bertz CT molecular complexity index is 324. The SMILES string of the molecule is CCCCNC(=O)NCCc1nc(C)no1. The number of rotatable bonds is 6. The van der Waals surface area contributed by atoms with Crippen molar-refractivity contribution in [3.63, 3.8) is 0 Å². The molecule has 6 nitrogen and oxygen atoms in total. The van der Waals surface area contributed by atoms with Crippen LogP contribution in [0.2, 0.25) is 0 Å². The Balaban J connectivity index is 2.08. The molecule has 16 heavy (non-hydrogen) atoms. The number of aryl methyl sites for hydroxylation is 1. The van der Waals surface area contributed by atoms with E-state index in [1.807, 2.05) is 0 Å². The van der Waals surface area contributed by atoms with Crippen LogP contribution in [0.3, 0.4) is 0 Å². The fraction of sp³-hybridized carbons (Fsp3) is 0.700. The van der Waals surface area contributed by atoms with E-state index in [0.717, 1.165) is 12.8 Å². The van der Waals surface area contributed by atoms with Gasteiger partial charge in [0.1, 0.15) is 0 Å². The van der Waals surface area contributed by atoms with E-state index in [0.29, 0.717) is 31.2 Å². The molecule has 1 heterocycles. The first-order valence-corrected chi connectivity index (χ1v) is 5.53. The second-order valence-electron chi connectivity index (χ2n) is 3.52. The third kappa shape index (κ3) is 4.77. The van der Waals surface area contributed by atoms with Gasteiger partial charge in [0.15, 0.2) is 5.82 Å². The number of carbonyl (C=O) groups is 1. The molecule has 0 saturated carbocycles. The van der Waals surface area contributed by atoms with Crippen LogP contribution in [0.15, 0.2) is 4.52 Å². The Morgan fingerprint density at radius 2 is 2.12 bits per heavy atom. The molecule has 0 spiro atoms. The molecule has 0 unspecified atom stereocenters. The molecule has 0 aromatic carbocycles. The molecule has 1 aromatic rings. The minimum absolute atomic E-state index is 0.148. The normalized spacial score (nSPS) is 10.1. The number of nitrogens with one attached hydrogen (secondary N) is 2. The molecule has 0 aliphatic carbocycles. The van der Waals surface area contributed by atoms with Gasteiger partial charge in [0.05, 0.1) is 0 Å². The predicted molar refractivity (Wildman–Crippen MR) is 59.0 cm³/mol. The number of urea groups is 1. The summed E-state index contributed by atoms with van der Waals surface area (Å²) in [5, 5.41) is 9.14. The molecule has 90 valence electrons. The molecule has 1 aromatic heterocycles. The lowest BCUT2D eigenvalue weighted by molar-refractivity contribution is 0.240. The summed E-state index contributed by atoms with van der Waals surface area (Å²) in [7, 11) is 0. The molecule has 0 saturated heterocycles. The summed E-state index contributed by atoms with van der Waals surface area (Å²) in [4.78, 5) is 15.3. The van der Waals surface area contributed by atoms with Gasteiger partial charge in [0.2, 0.25) is 5.89 Å². The number of hydrogen-bond donors (Lipinski definition) is 2. The highest BCUT2D eigenvalue weighted by molar-refractivity contribution is 5.73. The van der Waals surface area contributed by atoms with Crippen LogP contribution in [0, 0.1) is 6.92 Å². The molecule has 6 heteroatoms. The van der Waals surface area contributed by atoms with Gasteiger partial charge in [0, 0.05) is 19.5 Å². The third-order valence-electron chi connectivity index (χ3n) is 2.01. The molecule has 0 radical (unpaired) electrons. The number of carbonyl (C=O) groups excluding carboxylic acids is 1. The Kier molecular flexibility index (Phi) is 5.31. The maximum Gasteiger partial charge on any atom is 0.314 e. The van der Waals surface area contributed by atoms with E-state index in [1.165, 1.54) is 0 Å². The molecule has 0 atom stereocenters. The van der Waals surface area contributed by atoms with Crippen LogP contribution in [0.1, 0.15) is 31.5 Å². The molecule has 0 aliphatic rings. The first kappa shape index (κ1) is 12.5. The Morgan fingerprint density at radius 1 is 1.38 bits per heavy atom. The van der Waals surface area contributed by atoms with Crippen LogP contribution in [0.5, 0.6) is 0 Å². The zero-order chi connectivity index (χ0) is 11.8. The van der Waals surface area contributed by atoms with Crippen molar-refractivity contribution in [3.05, 3.63) is 11.7 Å². The van der Waals surface area contributed by atoms with Gasteiger partial charge in [0.25, 0.3) is 0 Å². The molecule has 0 fully saturated rings. The van der Waals surface area contributed by atoms with E-state index >= 15 is 0 Å². The van der Waals surface area contributed by atoms with E-state index in [9.17, 15) is 4.79 Å². The second-order valence-corrected chi connectivity index (χ2v) is 3.52. The van der Waals surface area contributed by atoms with Gasteiger partial charge in [-0.3, -0.25) is 0 Å². The van der Waals surface area contributed by atoms with E-state index < -0.39 is 0 Å². The summed E-state index contributed by atoms with van der Waals surface area (Å²) in [5.74, 6) is 1.16. The zero-order valence-electron chi connectivity index (χ0n) is 9.75. The standard InChI is InChI=1S/C10H18N4O2/c1-3-4-6-11-10(15)12-7-5-9-13-8(2)14-16-9/h3-7H2,1-2H3,(H2,11,12,15). The molecule has 2 N–H and O–H groups in total. The molecular formula is C10H18N4O2. The van der Waals surface area contributed by atoms with Crippen LogP contribution >= 0.6 is 0 Å². The lowest BCUT2D eigenvalue weighted by atomic mass is 10.3.